The third kappa shape index (κ3) is 1.91. The standard InChI is InChI=1S/C12H17ClN4O/c13-10-9(14)11(16-6-15-10)17-8-3-12(4-8)1-7(2-12)5-18/h6-8,18H,1-5,14H2,(H,15,16,17). The topological polar surface area (TPSA) is 84.1 Å². The van der Waals surface area contributed by atoms with Crippen molar-refractivity contribution in [1.29, 1.82) is 0 Å². The number of aromatic nitrogens is 2. The molecule has 6 heteroatoms. The first-order valence-corrected chi connectivity index (χ1v) is 6.63. The van der Waals surface area contributed by atoms with E-state index in [0.29, 0.717) is 40.6 Å². The van der Waals surface area contributed by atoms with Gasteiger partial charge >= 0.3 is 0 Å². The number of halogens is 1. The van der Waals surface area contributed by atoms with Gasteiger partial charge in [0.1, 0.15) is 12.0 Å². The Labute approximate surface area is 111 Å². The Hall–Kier alpha value is -1.07. The Bertz CT molecular complexity index is 453. The van der Waals surface area contributed by atoms with E-state index in [4.69, 9.17) is 22.4 Å². The summed E-state index contributed by atoms with van der Waals surface area (Å²) in [6, 6.07) is 0.415. The monoisotopic (exact) mass is 268 g/mol. The predicted octanol–water partition coefficient (Wildman–Crippen LogP) is 1.68. The van der Waals surface area contributed by atoms with Crippen LogP contribution < -0.4 is 11.1 Å². The fourth-order valence-corrected chi connectivity index (χ4v) is 3.53. The minimum Gasteiger partial charge on any atom is -0.396 e. The van der Waals surface area contributed by atoms with Crippen LogP contribution in [-0.4, -0.2) is 27.7 Å². The van der Waals surface area contributed by atoms with E-state index >= 15 is 0 Å². The molecule has 2 saturated carbocycles. The molecule has 1 aromatic heterocycles. The van der Waals surface area contributed by atoms with Gasteiger partial charge in [0.2, 0.25) is 0 Å². The Morgan fingerprint density at radius 1 is 1.39 bits per heavy atom. The summed E-state index contributed by atoms with van der Waals surface area (Å²) in [6.45, 7) is 0.328. The first kappa shape index (κ1) is 12.0. The van der Waals surface area contributed by atoms with Crippen molar-refractivity contribution in [3.63, 3.8) is 0 Å². The quantitative estimate of drug-likeness (QED) is 0.727. The molecule has 2 aliphatic carbocycles. The summed E-state index contributed by atoms with van der Waals surface area (Å²) < 4.78 is 0. The zero-order valence-corrected chi connectivity index (χ0v) is 10.8. The zero-order chi connectivity index (χ0) is 12.8. The van der Waals surface area contributed by atoms with Gasteiger partial charge in [-0.1, -0.05) is 11.6 Å². The van der Waals surface area contributed by atoms with E-state index in [9.17, 15) is 0 Å². The van der Waals surface area contributed by atoms with Crippen molar-refractivity contribution in [1.82, 2.24) is 9.97 Å². The third-order valence-electron chi connectivity index (χ3n) is 4.24. The van der Waals surface area contributed by atoms with Crippen molar-refractivity contribution in [2.75, 3.05) is 17.7 Å². The minimum absolute atomic E-state index is 0.297. The van der Waals surface area contributed by atoms with E-state index < -0.39 is 0 Å². The van der Waals surface area contributed by atoms with Gasteiger partial charge in [-0.25, -0.2) is 9.97 Å². The number of hydrogen-bond donors (Lipinski definition) is 3. The van der Waals surface area contributed by atoms with Gasteiger partial charge in [0, 0.05) is 12.6 Å². The summed E-state index contributed by atoms with van der Waals surface area (Å²) in [5.41, 5.74) is 6.70. The molecule has 0 atom stereocenters. The smallest absolute Gasteiger partial charge is 0.157 e. The van der Waals surface area contributed by atoms with Crippen LogP contribution in [0.5, 0.6) is 0 Å². The Balaban J connectivity index is 1.56. The maximum absolute atomic E-state index is 9.04. The normalized spacial score (nSPS) is 33.9. The van der Waals surface area contributed by atoms with Crippen LogP contribution in [0.25, 0.3) is 0 Å². The molecule has 0 aromatic carbocycles. The van der Waals surface area contributed by atoms with E-state index in [1.54, 1.807) is 0 Å². The molecule has 4 N–H and O–H groups in total. The maximum Gasteiger partial charge on any atom is 0.157 e. The van der Waals surface area contributed by atoms with E-state index in [1.807, 2.05) is 0 Å². The van der Waals surface area contributed by atoms with E-state index in [1.165, 1.54) is 6.33 Å². The van der Waals surface area contributed by atoms with Crippen molar-refractivity contribution in [2.45, 2.75) is 31.7 Å². The zero-order valence-electron chi connectivity index (χ0n) is 10.1. The first-order valence-electron chi connectivity index (χ1n) is 6.25. The number of aliphatic hydroxyl groups is 1. The van der Waals surface area contributed by atoms with Gasteiger partial charge in [0.15, 0.2) is 11.0 Å². The molecule has 98 valence electrons. The number of hydrogen-bond acceptors (Lipinski definition) is 5. The maximum atomic E-state index is 9.04. The number of nitrogens with two attached hydrogens (primary N) is 1. The lowest BCUT2D eigenvalue weighted by Gasteiger charge is -2.57. The van der Waals surface area contributed by atoms with Crippen LogP contribution >= 0.6 is 11.6 Å². The number of nitrogen functional groups attached to an aromatic ring is 1. The molecular weight excluding hydrogens is 252 g/mol. The molecule has 0 unspecified atom stereocenters. The molecule has 2 aliphatic rings. The van der Waals surface area contributed by atoms with Crippen LogP contribution in [-0.2, 0) is 0 Å². The molecule has 2 fully saturated rings. The second kappa shape index (κ2) is 4.24. The molecule has 0 aliphatic heterocycles. The number of anilines is 2. The second-order valence-electron chi connectivity index (χ2n) is 5.63. The highest BCUT2D eigenvalue weighted by Crippen LogP contribution is 2.59. The van der Waals surface area contributed by atoms with Crippen molar-refractivity contribution in [2.24, 2.45) is 11.3 Å². The van der Waals surface area contributed by atoms with Gasteiger partial charge in [-0.3, -0.25) is 0 Å². The molecular formula is C12H17ClN4O. The molecule has 1 heterocycles. The lowest BCUT2D eigenvalue weighted by molar-refractivity contribution is -0.0534. The Kier molecular flexibility index (Phi) is 2.83. The van der Waals surface area contributed by atoms with Crippen molar-refractivity contribution in [3.05, 3.63) is 11.5 Å². The van der Waals surface area contributed by atoms with Crippen LogP contribution in [0.3, 0.4) is 0 Å². The van der Waals surface area contributed by atoms with E-state index in [0.717, 1.165) is 25.7 Å². The molecule has 0 amide bonds. The summed E-state index contributed by atoms with van der Waals surface area (Å²) in [6.07, 6.45) is 5.99. The highest BCUT2D eigenvalue weighted by molar-refractivity contribution is 6.32. The van der Waals surface area contributed by atoms with Crippen LogP contribution in [0.1, 0.15) is 25.7 Å². The van der Waals surface area contributed by atoms with Crippen molar-refractivity contribution < 1.29 is 5.11 Å². The molecule has 0 bridgehead atoms. The lowest BCUT2D eigenvalue weighted by Crippen LogP contribution is -2.53. The predicted molar refractivity (Wildman–Crippen MR) is 70.3 cm³/mol. The van der Waals surface area contributed by atoms with E-state index in [2.05, 4.69) is 15.3 Å². The van der Waals surface area contributed by atoms with Crippen molar-refractivity contribution >= 4 is 23.1 Å². The molecule has 1 spiro atoms. The second-order valence-corrected chi connectivity index (χ2v) is 5.99. The van der Waals surface area contributed by atoms with Gasteiger partial charge in [-0.05, 0) is 37.0 Å². The molecule has 0 radical (unpaired) electrons. The fraction of sp³-hybridized carbons (Fsp3) is 0.667. The minimum atomic E-state index is 0.297. The van der Waals surface area contributed by atoms with Crippen LogP contribution in [0, 0.1) is 11.3 Å². The fourth-order valence-electron chi connectivity index (χ4n) is 3.40. The molecule has 0 saturated heterocycles. The van der Waals surface area contributed by atoms with Crippen LogP contribution in [0.4, 0.5) is 11.5 Å². The number of nitrogens with zero attached hydrogens (tertiary/aromatic N) is 2. The highest BCUT2D eigenvalue weighted by atomic mass is 35.5. The molecule has 1 aromatic rings. The summed E-state index contributed by atoms with van der Waals surface area (Å²) in [7, 11) is 0. The number of aliphatic hydroxyl groups excluding tert-OH is 1. The average molecular weight is 269 g/mol. The van der Waals surface area contributed by atoms with Crippen LogP contribution in [0.2, 0.25) is 5.15 Å². The van der Waals surface area contributed by atoms with Gasteiger partial charge < -0.3 is 16.2 Å². The number of rotatable bonds is 3. The third-order valence-corrected chi connectivity index (χ3v) is 4.54. The molecule has 3 rings (SSSR count). The van der Waals surface area contributed by atoms with Gasteiger partial charge in [0.25, 0.3) is 0 Å². The van der Waals surface area contributed by atoms with Gasteiger partial charge in [-0.2, -0.15) is 0 Å². The highest BCUT2D eigenvalue weighted by Gasteiger charge is 2.52. The largest absolute Gasteiger partial charge is 0.396 e. The van der Waals surface area contributed by atoms with Crippen LogP contribution in [0.15, 0.2) is 6.33 Å². The summed E-state index contributed by atoms with van der Waals surface area (Å²) >= 11 is 5.85. The van der Waals surface area contributed by atoms with Gasteiger partial charge in [-0.15, -0.1) is 0 Å². The van der Waals surface area contributed by atoms with Crippen molar-refractivity contribution in [3.8, 4) is 0 Å². The Morgan fingerprint density at radius 3 is 2.78 bits per heavy atom. The lowest BCUT2D eigenvalue weighted by atomic mass is 9.50. The summed E-state index contributed by atoms with van der Waals surface area (Å²) in [4.78, 5) is 7.94. The summed E-state index contributed by atoms with van der Waals surface area (Å²) in [5.74, 6) is 1.15. The molecule has 5 nitrogen and oxygen atoms in total. The average Bonchev–Trinajstić information content (AvgIpc) is 2.25. The first-order chi connectivity index (χ1) is 8.62. The Morgan fingerprint density at radius 2 is 2.11 bits per heavy atom. The molecule has 18 heavy (non-hydrogen) atoms. The van der Waals surface area contributed by atoms with Gasteiger partial charge in [0.05, 0.1) is 0 Å². The number of nitrogens with one attached hydrogen (secondary N) is 1. The van der Waals surface area contributed by atoms with E-state index in [-0.39, 0.29) is 0 Å². The summed E-state index contributed by atoms with van der Waals surface area (Å²) in [5, 5.41) is 12.7. The SMILES string of the molecule is Nc1c(Cl)ncnc1NC1CC2(CC(CO)C2)C1.